The molecule has 0 amide bonds. The molecule has 0 radical (unpaired) electrons. The van der Waals surface area contributed by atoms with E-state index in [1.807, 2.05) is 0 Å². The lowest BCUT2D eigenvalue weighted by molar-refractivity contribution is 0.616. The van der Waals surface area contributed by atoms with E-state index in [0.717, 1.165) is 51.2 Å². The summed E-state index contributed by atoms with van der Waals surface area (Å²) in [5.41, 5.74) is 0. The quantitative estimate of drug-likeness (QED) is 0.533. The van der Waals surface area contributed by atoms with Crippen LogP contribution in [0.2, 0.25) is 0 Å². The van der Waals surface area contributed by atoms with E-state index >= 15 is 0 Å². The second-order valence-corrected chi connectivity index (χ2v) is 6.00. The zero-order valence-corrected chi connectivity index (χ0v) is 13.8. The molecule has 0 aromatic carbocycles. The Bertz CT molecular complexity index is 319. The topological polar surface area (TPSA) is 72.8 Å². The third-order valence-corrected chi connectivity index (χ3v) is 3.98. The minimum Gasteiger partial charge on any atom is -0.356 e. The van der Waals surface area contributed by atoms with Gasteiger partial charge >= 0.3 is 0 Å². The number of nitrogens with one attached hydrogen (secondary N) is 4. The molecule has 2 rings (SSSR count). The Morgan fingerprint density at radius 1 is 0.682 bits per heavy atom. The van der Waals surface area contributed by atoms with E-state index in [9.17, 15) is 0 Å². The Morgan fingerprint density at radius 3 is 1.68 bits per heavy atom. The van der Waals surface area contributed by atoms with Crippen LogP contribution < -0.4 is 21.3 Å². The molecule has 2 aliphatic heterocycles. The van der Waals surface area contributed by atoms with Crippen molar-refractivity contribution in [1.29, 1.82) is 0 Å². The van der Waals surface area contributed by atoms with Crippen LogP contribution in [0.1, 0.15) is 51.4 Å². The molecule has 0 saturated heterocycles. The van der Waals surface area contributed by atoms with E-state index in [1.165, 1.54) is 51.4 Å². The smallest absolute Gasteiger partial charge is 0.191 e. The van der Waals surface area contributed by atoms with Gasteiger partial charge in [0.2, 0.25) is 0 Å². The molecule has 0 aromatic heterocycles. The molecule has 0 saturated carbocycles. The minimum absolute atomic E-state index is 0.957. The number of rotatable bonds is 7. The lowest BCUT2D eigenvalue weighted by Crippen LogP contribution is -2.37. The van der Waals surface area contributed by atoms with Gasteiger partial charge in [-0.2, -0.15) is 0 Å². The maximum Gasteiger partial charge on any atom is 0.191 e. The van der Waals surface area contributed by atoms with Crippen LogP contribution in [-0.2, 0) is 0 Å². The van der Waals surface area contributed by atoms with Gasteiger partial charge in [0, 0.05) is 39.3 Å². The maximum absolute atomic E-state index is 4.49. The van der Waals surface area contributed by atoms with Crippen LogP contribution in [0.5, 0.6) is 0 Å². The molecule has 0 atom stereocenters. The fourth-order valence-corrected chi connectivity index (χ4v) is 2.63. The first kappa shape index (κ1) is 16.9. The van der Waals surface area contributed by atoms with Crippen molar-refractivity contribution in [3.8, 4) is 0 Å². The lowest BCUT2D eigenvalue weighted by atomic mass is 10.2. The summed E-state index contributed by atoms with van der Waals surface area (Å²) in [7, 11) is 0. The highest BCUT2D eigenvalue weighted by molar-refractivity contribution is 5.80. The SMILES string of the molecule is C(CCCNC1=NCCCCN1)CCNC1=NCCCCN1. The van der Waals surface area contributed by atoms with Gasteiger partial charge in [-0.25, -0.2) is 0 Å². The predicted molar refractivity (Wildman–Crippen MR) is 93.6 cm³/mol. The molecule has 0 fully saturated rings. The molecule has 0 unspecified atom stereocenters. The van der Waals surface area contributed by atoms with Crippen molar-refractivity contribution in [3.63, 3.8) is 0 Å². The summed E-state index contributed by atoms with van der Waals surface area (Å²) in [6.45, 7) is 6.06. The average molecular weight is 308 g/mol. The highest BCUT2D eigenvalue weighted by Crippen LogP contribution is 1.99. The Hall–Kier alpha value is -1.46. The third-order valence-electron chi connectivity index (χ3n) is 3.98. The Kier molecular flexibility index (Phi) is 8.57. The van der Waals surface area contributed by atoms with E-state index in [-0.39, 0.29) is 0 Å². The average Bonchev–Trinajstić information content (AvgIpc) is 2.94. The van der Waals surface area contributed by atoms with Crippen molar-refractivity contribution in [2.45, 2.75) is 51.4 Å². The molecular formula is C16H32N6. The van der Waals surface area contributed by atoms with Crippen LogP contribution in [0.15, 0.2) is 9.98 Å². The van der Waals surface area contributed by atoms with E-state index in [4.69, 9.17) is 0 Å². The van der Waals surface area contributed by atoms with E-state index in [0.29, 0.717) is 0 Å². The van der Waals surface area contributed by atoms with E-state index in [1.54, 1.807) is 0 Å². The number of hydrogen-bond acceptors (Lipinski definition) is 6. The Morgan fingerprint density at radius 2 is 1.18 bits per heavy atom. The van der Waals surface area contributed by atoms with Crippen LogP contribution in [0, 0.1) is 0 Å². The number of guanidine groups is 2. The molecule has 2 aliphatic rings. The summed E-state index contributed by atoms with van der Waals surface area (Å²) in [5, 5.41) is 13.5. The zero-order valence-electron chi connectivity index (χ0n) is 13.8. The van der Waals surface area contributed by atoms with Gasteiger partial charge < -0.3 is 21.3 Å². The third kappa shape index (κ3) is 7.52. The Balaban J connectivity index is 1.41. The number of aliphatic imine (C=N–C) groups is 2. The molecule has 126 valence electrons. The fraction of sp³-hybridized carbons (Fsp3) is 0.875. The standard InChI is InChI=1S/C16H32N6/c1(3-9-17-15-19-11-5-6-12-20-15)2-4-10-18-16-21-13-7-8-14-22-16/h1-14H2,(H2,17,19,20)(H2,18,21,22). The first-order valence-corrected chi connectivity index (χ1v) is 8.99. The van der Waals surface area contributed by atoms with E-state index in [2.05, 4.69) is 31.3 Å². The highest BCUT2D eigenvalue weighted by atomic mass is 15.2. The van der Waals surface area contributed by atoms with Crippen molar-refractivity contribution in [3.05, 3.63) is 0 Å². The van der Waals surface area contributed by atoms with Crippen LogP contribution >= 0.6 is 0 Å². The van der Waals surface area contributed by atoms with Crippen LogP contribution in [0.25, 0.3) is 0 Å². The Labute approximate surface area is 134 Å². The van der Waals surface area contributed by atoms with Crippen molar-refractivity contribution in [2.24, 2.45) is 9.98 Å². The van der Waals surface area contributed by atoms with E-state index < -0.39 is 0 Å². The molecular weight excluding hydrogens is 276 g/mol. The monoisotopic (exact) mass is 308 g/mol. The van der Waals surface area contributed by atoms with Gasteiger partial charge in [0.05, 0.1) is 0 Å². The molecule has 6 heteroatoms. The summed E-state index contributed by atoms with van der Waals surface area (Å²) < 4.78 is 0. The van der Waals surface area contributed by atoms with Gasteiger partial charge in [0.25, 0.3) is 0 Å². The van der Waals surface area contributed by atoms with Crippen LogP contribution in [-0.4, -0.2) is 51.2 Å². The lowest BCUT2D eigenvalue weighted by Gasteiger charge is -2.11. The molecule has 0 bridgehead atoms. The molecule has 4 N–H and O–H groups in total. The van der Waals surface area contributed by atoms with Crippen molar-refractivity contribution in [1.82, 2.24) is 21.3 Å². The molecule has 2 heterocycles. The molecule has 0 aliphatic carbocycles. The number of nitrogens with zero attached hydrogens (tertiary/aromatic N) is 2. The first-order valence-electron chi connectivity index (χ1n) is 8.99. The summed E-state index contributed by atoms with van der Waals surface area (Å²) in [4.78, 5) is 8.99. The van der Waals surface area contributed by atoms with Crippen molar-refractivity contribution in [2.75, 3.05) is 39.3 Å². The van der Waals surface area contributed by atoms with Crippen LogP contribution in [0.3, 0.4) is 0 Å². The highest BCUT2D eigenvalue weighted by Gasteiger charge is 2.02. The molecule has 22 heavy (non-hydrogen) atoms. The number of hydrogen-bond donors (Lipinski definition) is 4. The zero-order chi connectivity index (χ0) is 15.3. The molecule has 0 aromatic rings. The van der Waals surface area contributed by atoms with Crippen molar-refractivity contribution < 1.29 is 0 Å². The molecule has 0 spiro atoms. The largest absolute Gasteiger partial charge is 0.356 e. The van der Waals surface area contributed by atoms with Crippen molar-refractivity contribution >= 4 is 11.9 Å². The van der Waals surface area contributed by atoms with Gasteiger partial charge in [0.15, 0.2) is 11.9 Å². The summed E-state index contributed by atoms with van der Waals surface area (Å²) in [6.07, 6.45) is 9.80. The normalized spacial score (nSPS) is 18.9. The minimum atomic E-state index is 0.957. The first-order chi connectivity index (χ1) is 10.9. The van der Waals surface area contributed by atoms with Gasteiger partial charge in [-0.15, -0.1) is 0 Å². The second-order valence-electron chi connectivity index (χ2n) is 6.00. The van der Waals surface area contributed by atoms with Gasteiger partial charge in [-0.1, -0.05) is 12.8 Å². The summed E-state index contributed by atoms with van der Waals surface area (Å²) in [6, 6.07) is 0. The summed E-state index contributed by atoms with van der Waals surface area (Å²) in [5.74, 6) is 1.99. The van der Waals surface area contributed by atoms with Gasteiger partial charge in [0.1, 0.15) is 0 Å². The second kappa shape index (κ2) is 11.2. The molecule has 6 nitrogen and oxygen atoms in total. The van der Waals surface area contributed by atoms with Crippen LogP contribution in [0.4, 0.5) is 0 Å². The predicted octanol–water partition coefficient (Wildman–Crippen LogP) is 1.20. The maximum atomic E-state index is 4.49. The number of unbranched alkanes of at least 4 members (excludes halogenated alkanes) is 3. The fourth-order valence-electron chi connectivity index (χ4n) is 2.63. The summed E-state index contributed by atoms with van der Waals surface area (Å²) >= 11 is 0. The van der Waals surface area contributed by atoms with Gasteiger partial charge in [-0.3, -0.25) is 9.98 Å². The van der Waals surface area contributed by atoms with Gasteiger partial charge in [-0.05, 0) is 38.5 Å².